The lowest BCUT2D eigenvalue weighted by Crippen LogP contribution is -2.42. The number of hydrogen-bond donors (Lipinski definition) is 0. The first-order chi connectivity index (χ1) is 9.30. The third-order valence-electron chi connectivity index (χ3n) is 5.21. The number of hydrogen-bond acceptors (Lipinski definition) is 4. The Bertz CT molecular complexity index is 383. The molecule has 4 aliphatic rings. The van der Waals surface area contributed by atoms with Gasteiger partial charge in [0.25, 0.3) is 0 Å². The van der Waals surface area contributed by atoms with E-state index in [4.69, 9.17) is 14.3 Å². The van der Waals surface area contributed by atoms with Crippen LogP contribution in [0.25, 0.3) is 0 Å². The molecule has 4 nitrogen and oxygen atoms in total. The first-order valence-corrected chi connectivity index (χ1v) is 7.82. The van der Waals surface area contributed by atoms with Gasteiger partial charge in [-0.15, -0.1) is 0 Å². The summed E-state index contributed by atoms with van der Waals surface area (Å²) in [5.74, 6) is 0.289. The van der Waals surface area contributed by atoms with Gasteiger partial charge in [-0.05, 0) is 38.5 Å². The quantitative estimate of drug-likeness (QED) is 0.787. The smallest absolute Gasteiger partial charge is 0.171 e. The number of ether oxygens (including phenoxy) is 2. The lowest BCUT2D eigenvalue weighted by atomic mass is 9.80. The normalized spacial score (nSPS) is 34.5. The van der Waals surface area contributed by atoms with E-state index >= 15 is 0 Å². The van der Waals surface area contributed by atoms with Crippen molar-refractivity contribution in [3.8, 4) is 0 Å². The van der Waals surface area contributed by atoms with Crippen LogP contribution in [0, 0.1) is 5.92 Å². The van der Waals surface area contributed by atoms with Crippen LogP contribution in [-0.2, 0) is 14.3 Å². The summed E-state index contributed by atoms with van der Waals surface area (Å²) >= 11 is 0. The second-order valence-corrected chi connectivity index (χ2v) is 6.60. The van der Waals surface area contributed by atoms with Gasteiger partial charge in [0.1, 0.15) is 5.60 Å². The maximum Gasteiger partial charge on any atom is 0.171 e. The van der Waals surface area contributed by atoms with Gasteiger partial charge in [0.15, 0.2) is 5.79 Å². The highest BCUT2D eigenvalue weighted by molar-refractivity contribution is 5.86. The fourth-order valence-electron chi connectivity index (χ4n) is 3.88. The number of oxime groups is 1. The van der Waals surface area contributed by atoms with Crippen molar-refractivity contribution >= 4 is 5.71 Å². The average Bonchev–Trinajstić information content (AvgIpc) is 2.84. The highest BCUT2D eigenvalue weighted by Gasteiger charge is 2.51. The van der Waals surface area contributed by atoms with Gasteiger partial charge in [0, 0.05) is 18.8 Å². The average molecular weight is 265 g/mol. The summed E-state index contributed by atoms with van der Waals surface area (Å²) < 4.78 is 11.9. The van der Waals surface area contributed by atoms with E-state index in [-0.39, 0.29) is 11.4 Å². The predicted molar refractivity (Wildman–Crippen MR) is 70.9 cm³/mol. The zero-order chi connectivity index (χ0) is 12.8. The molecule has 4 rings (SSSR count). The SMILES string of the molecule is C1CCC2(OCCO2)C(CCC2=NOC3(CC3)C2)C1. The molecule has 1 saturated heterocycles. The van der Waals surface area contributed by atoms with Gasteiger partial charge in [0.2, 0.25) is 0 Å². The fraction of sp³-hybridized carbons (Fsp3) is 0.933. The Balaban J connectivity index is 1.36. The maximum atomic E-state index is 5.97. The molecule has 106 valence electrons. The molecule has 0 aromatic carbocycles. The predicted octanol–water partition coefficient (Wildman–Crippen LogP) is 3.01. The number of nitrogens with zero attached hydrogens (tertiary/aromatic N) is 1. The van der Waals surface area contributed by atoms with E-state index in [0.717, 1.165) is 38.9 Å². The van der Waals surface area contributed by atoms with E-state index in [2.05, 4.69) is 5.16 Å². The Hall–Kier alpha value is -0.610. The Morgan fingerprint density at radius 3 is 2.68 bits per heavy atom. The molecule has 2 spiro atoms. The molecule has 19 heavy (non-hydrogen) atoms. The van der Waals surface area contributed by atoms with E-state index in [1.165, 1.54) is 37.8 Å². The summed E-state index contributed by atoms with van der Waals surface area (Å²) in [6.45, 7) is 1.54. The van der Waals surface area contributed by atoms with Gasteiger partial charge < -0.3 is 14.3 Å². The molecular formula is C15H23NO3. The molecule has 0 aromatic rings. The molecule has 1 atom stereocenters. The van der Waals surface area contributed by atoms with Crippen molar-refractivity contribution in [2.75, 3.05) is 13.2 Å². The van der Waals surface area contributed by atoms with Gasteiger partial charge in [0.05, 0.1) is 18.9 Å². The summed E-state index contributed by atoms with van der Waals surface area (Å²) in [5, 5.41) is 4.29. The zero-order valence-corrected chi connectivity index (χ0v) is 11.5. The summed E-state index contributed by atoms with van der Waals surface area (Å²) in [7, 11) is 0. The Labute approximate surface area is 114 Å². The molecule has 2 saturated carbocycles. The third kappa shape index (κ3) is 2.19. The van der Waals surface area contributed by atoms with Crippen LogP contribution in [-0.4, -0.2) is 30.3 Å². The van der Waals surface area contributed by atoms with Crippen molar-refractivity contribution in [1.29, 1.82) is 0 Å². The van der Waals surface area contributed by atoms with Gasteiger partial charge in [-0.3, -0.25) is 0 Å². The molecule has 0 bridgehead atoms. The van der Waals surface area contributed by atoms with E-state index in [1.54, 1.807) is 0 Å². The van der Waals surface area contributed by atoms with Crippen LogP contribution in [0.3, 0.4) is 0 Å². The van der Waals surface area contributed by atoms with Crippen LogP contribution in [0.5, 0.6) is 0 Å². The van der Waals surface area contributed by atoms with Crippen molar-refractivity contribution < 1.29 is 14.3 Å². The summed E-state index contributed by atoms with van der Waals surface area (Å²) in [6.07, 6.45) is 10.5. The first-order valence-electron chi connectivity index (χ1n) is 7.82. The van der Waals surface area contributed by atoms with Gasteiger partial charge in [-0.2, -0.15) is 0 Å². The molecule has 0 amide bonds. The highest BCUT2D eigenvalue weighted by Crippen LogP contribution is 2.48. The number of rotatable bonds is 3. The fourth-order valence-corrected chi connectivity index (χ4v) is 3.88. The monoisotopic (exact) mass is 265 g/mol. The molecular weight excluding hydrogens is 242 g/mol. The van der Waals surface area contributed by atoms with Crippen LogP contribution >= 0.6 is 0 Å². The Kier molecular flexibility index (Phi) is 2.85. The largest absolute Gasteiger partial charge is 0.389 e. The van der Waals surface area contributed by atoms with Crippen molar-refractivity contribution in [3.05, 3.63) is 0 Å². The van der Waals surface area contributed by atoms with Crippen molar-refractivity contribution in [3.63, 3.8) is 0 Å². The van der Waals surface area contributed by atoms with Crippen molar-refractivity contribution in [2.24, 2.45) is 11.1 Å². The van der Waals surface area contributed by atoms with Crippen LogP contribution in [0.1, 0.15) is 57.8 Å². The maximum absolute atomic E-state index is 5.97. The highest BCUT2D eigenvalue weighted by atomic mass is 16.7. The molecule has 1 unspecified atom stereocenters. The third-order valence-corrected chi connectivity index (χ3v) is 5.21. The first kappa shape index (κ1) is 12.2. The summed E-state index contributed by atoms with van der Waals surface area (Å²) in [6, 6.07) is 0. The molecule has 3 fully saturated rings. The Morgan fingerprint density at radius 2 is 1.95 bits per heavy atom. The van der Waals surface area contributed by atoms with Gasteiger partial charge in [-0.25, -0.2) is 0 Å². The van der Waals surface area contributed by atoms with Crippen LogP contribution < -0.4 is 0 Å². The molecule has 2 aliphatic carbocycles. The molecule has 2 aliphatic heterocycles. The van der Waals surface area contributed by atoms with Crippen LogP contribution in [0.15, 0.2) is 5.16 Å². The van der Waals surface area contributed by atoms with Crippen LogP contribution in [0.2, 0.25) is 0 Å². The topological polar surface area (TPSA) is 40.0 Å². The molecule has 4 heteroatoms. The van der Waals surface area contributed by atoms with Gasteiger partial charge in [-0.1, -0.05) is 11.6 Å². The minimum Gasteiger partial charge on any atom is -0.389 e. The lowest BCUT2D eigenvalue weighted by molar-refractivity contribution is -0.213. The summed E-state index contributed by atoms with van der Waals surface area (Å²) in [4.78, 5) is 5.55. The molecule has 2 heterocycles. The lowest BCUT2D eigenvalue weighted by Gasteiger charge is -2.39. The van der Waals surface area contributed by atoms with Gasteiger partial charge >= 0.3 is 0 Å². The van der Waals surface area contributed by atoms with Crippen LogP contribution in [0.4, 0.5) is 0 Å². The zero-order valence-electron chi connectivity index (χ0n) is 11.5. The van der Waals surface area contributed by atoms with Crippen molar-refractivity contribution in [2.45, 2.75) is 69.2 Å². The molecule has 0 N–H and O–H groups in total. The summed E-state index contributed by atoms with van der Waals surface area (Å²) in [5.41, 5.74) is 1.40. The van der Waals surface area contributed by atoms with Crippen molar-refractivity contribution in [1.82, 2.24) is 0 Å². The van der Waals surface area contributed by atoms with E-state index in [0.29, 0.717) is 5.92 Å². The second kappa shape index (κ2) is 4.45. The van der Waals surface area contributed by atoms with E-state index < -0.39 is 0 Å². The minimum atomic E-state index is -0.254. The minimum absolute atomic E-state index is 0.139. The van der Waals surface area contributed by atoms with E-state index in [1.807, 2.05) is 0 Å². The molecule has 0 aromatic heterocycles. The second-order valence-electron chi connectivity index (χ2n) is 6.60. The van der Waals surface area contributed by atoms with E-state index in [9.17, 15) is 0 Å². The standard InChI is InChI=1S/C15H23NO3/c1-2-6-15(17-9-10-18-15)12(3-1)4-5-13-11-14(7-8-14)19-16-13/h12H,1-11H2. The molecule has 0 radical (unpaired) electrons. The Morgan fingerprint density at radius 1 is 1.11 bits per heavy atom.